The quantitative estimate of drug-likeness (QED) is 0.404. The zero-order chi connectivity index (χ0) is 12.8. The summed E-state index contributed by atoms with van der Waals surface area (Å²) in [6.07, 6.45) is 4.77. The van der Waals surface area contributed by atoms with E-state index in [9.17, 15) is 4.79 Å². The number of ether oxygens (including phenoxy) is 1. The van der Waals surface area contributed by atoms with Gasteiger partial charge in [0.25, 0.3) is 0 Å². The SMILES string of the molecule is COC(=O)CCC/C=C(/B(C)C)[Si](C)(C)C. The van der Waals surface area contributed by atoms with Gasteiger partial charge in [0.05, 0.1) is 15.2 Å². The average Bonchev–Trinajstić information content (AvgIpc) is 2.14. The highest BCUT2D eigenvalue weighted by Crippen LogP contribution is 2.19. The monoisotopic (exact) mass is 240 g/mol. The molecule has 16 heavy (non-hydrogen) atoms. The summed E-state index contributed by atoms with van der Waals surface area (Å²) in [7, 11) is 0.254. The fourth-order valence-corrected chi connectivity index (χ4v) is 4.50. The summed E-state index contributed by atoms with van der Waals surface area (Å²) in [5, 5.41) is 1.61. The molecule has 0 aliphatic carbocycles. The second kappa shape index (κ2) is 6.94. The van der Waals surface area contributed by atoms with Gasteiger partial charge in [0.2, 0.25) is 0 Å². The van der Waals surface area contributed by atoms with Crippen LogP contribution in [0.25, 0.3) is 0 Å². The maximum atomic E-state index is 11.0. The molecule has 0 aromatic rings. The summed E-state index contributed by atoms with van der Waals surface area (Å²) in [4.78, 5) is 11.0. The molecule has 4 heteroatoms. The van der Waals surface area contributed by atoms with Crippen molar-refractivity contribution >= 4 is 20.8 Å². The molecule has 0 atom stereocenters. The summed E-state index contributed by atoms with van der Waals surface area (Å²) in [5.41, 5.74) is 0. The Morgan fingerprint density at radius 3 is 2.25 bits per heavy atom. The molecule has 0 aromatic heterocycles. The molecule has 0 fully saturated rings. The first-order chi connectivity index (χ1) is 7.29. The zero-order valence-electron chi connectivity index (χ0n) is 11.6. The first-order valence-corrected chi connectivity index (χ1v) is 9.56. The molecule has 0 aliphatic heterocycles. The van der Waals surface area contributed by atoms with E-state index in [1.165, 1.54) is 7.11 Å². The summed E-state index contributed by atoms with van der Waals surface area (Å²) in [6, 6.07) is 0. The van der Waals surface area contributed by atoms with E-state index in [0.29, 0.717) is 13.1 Å². The third-order valence-corrected chi connectivity index (χ3v) is 5.18. The van der Waals surface area contributed by atoms with Gasteiger partial charge in [-0.1, -0.05) is 39.4 Å². The van der Waals surface area contributed by atoms with E-state index < -0.39 is 8.07 Å². The Labute approximate surface area is 102 Å². The number of methoxy groups -OCH3 is 1. The zero-order valence-corrected chi connectivity index (χ0v) is 12.6. The molecule has 0 amide bonds. The maximum Gasteiger partial charge on any atom is 0.305 e. The molecule has 2 nitrogen and oxygen atoms in total. The Hall–Kier alpha value is -0.508. The predicted molar refractivity (Wildman–Crippen MR) is 74.8 cm³/mol. The number of carbonyl (C=O) groups is 1. The van der Waals surface area contributed by atoms with Crippen LogP contribution in [-0.4, -0.2) is 27.9 Å². The van der Waals surface area contributed by atoms with Crippen LogP contribution in [0.4, 0.5) is 0 Å². The van der Waals surface area contributed by atoms with E-state index in [1.54, 1.807) is 5.10 Å². The fraction of sp³-hybridized carbons (Fsp3) is 0.750. The van der Waals surface area contributed by atoms with Crippen LogP contribution in [0.3, 0.4) is 0 Å². The molecule has 0 unspecified atom stereocenters. The normalized spacial score (nSPS) is 12.5. The smallest absolute Gasteiger partial charge is 0.305 e. The summed E-state index contributed by atoms with van der Waals surface area (Å²) in [5.74, 6) is -0.104. The van der Waals surface area contributed by atoms with Crippen molar-refractivity contribution in [1.82, 2.24) is 0 Å². The van der Waals surface area contributed by atoms with Crippen LogP contribution >= 0.6 is 0 Å². The van der Waals surface area contributed by atoms with Gasteiger partial charge < -0.3 is 4.74 Å². The highest BCUT2D eigenvalue weighted by atomic mass is 28.3. The average molecular weight is 240 g/mol. The van der Waals surface area contributed by atoms with E-state index in [0.717, 1.165) is 12.8 Å². The number of unbranched alkanes of at least 4 members (excludes halogenated alkanes) is 1. The molecule has 0 N–H and O–H groups in total. The highest BCUT2D eigenvalue weighted by Gasteiger charge is 2.22. The van der Waals surface area contributed by atoms with Gasteiger partial charge in [-0.2, -0.15) is 0 Å². The number of rotatable bonds is 6. The van der Waals surface area contributed by atoms with E-state index in [-0.39, 0.29) is 5.97 Å². The van der Waals surface area contributed by atoms with Gasteiger partial charge in [0.1, 0.15) is 0 Å². The molecule has 0 saturated heterocycles. The van der Waals surface area contributed by atoms with Crippen molar-refractivity contribution in [3.05, 3.63) is 11.2 Å². The second-order valence-corrected chi connectivity index (χ2v) is 10.6. The van der Waals surface area contributed by atoms with Crippen molar-refractivity contribution in [1.29, 1.82) is 0 Å². The summed E-state index contributed by atoms with van der Waals surface area (Å²) < 4.78 is 4.62. The molecule has 0 aromatic carbocycles. The van der Waals surface area contributed by atoms with Gasteiger partial charge >= 0.3 is 5.97 Å². The van der Waals surface area contributed by atoms with Crippen molar-refractivity contribution in [3.63, 3.8) is 0 Å². The van der Waals surface area contributed by atoms with E-state index in [1.807, 2.05) is 0 Å². The third-order valence-electron chi connectivity index (χ3n) is 2.66. The minimum atomic E-state index is -1.19. The van der Waals surface area contributed by atoms with Crippen molar-refractivity contribution in [3.8, 4) is 0 Å². The van der Waals surface area contributed by atoms with Crippen LogP contribution in [0.15, 0.2) is 11.2 Å². The van der Waals surface area contributed by atoms with Crippen molar-refractivity contribution < 1.29 is 9.53 Å². The lowest BCUT2D eigenvalue weighted by Crippen LogP contribution is -2.31. The van der Waals surface area contributed by atoms with Gasteiger partial charge in [-0.15, -0.1) is 5.10 Å². The van der Waals surface area contributed by atoms with Gasteiger partial charge in [0, 0.05) is 6.42 Å². The molecular weight excluding hydrogens is 215 g/mol. The molecule has 0 bridgehead atoms. The van der Waals surface area contributed by atoms with Crippen LogP contribution in [0.1, 0.15) is 19.3 Å². The minimum Gasteiger partial charge on any atom is -0.469 e. The number of esters is 1. The van der Waals surface area contributed by atoms with Crippen LogP contribution in [0.2, 0.25) is 33.3 Å². The summed E-state index contributed by atoms with van der Waals surface area (Å²) in [6.45, 7) is 12.3. The Bertz CT molecular complexity index is 254. The molecule has 0 spiro atoms. The first kappa shape index (κ1) is 15.5. The molecule has 0 saturated carbocycles. The van der Waals surface area contributed by atoms with Gasteiger partial charge in [-0.25, -0.2) is 0 Å². The first-order valence-electron chi connectivity index (χ1n) is 6.06. The number of allylic oxidation sites excluding steroid dienone is 1. The Kier molecular flexibility index (Phi) is 6.72. The Morgan fingerprint density at radius 1 is 1.31 bits per heavy atom. The molecule has 0 rings (SSSR count). The fourth-order valence-electron chi connectivity index (χ4n) is 2.01. The molecular formula is C12H25BO2Si. The number of carbonyl (C=O) groups excluding carboxylic acids is 1. The Balaban J connectivity index is 4.22. The van der Waals surface area contributed by atoms with Crippen LogP contribution in [-0.2, 0) is 9.53 Å². The highest BCUT2D eigenvalue weighted by molar-refractivity contribution is 6.97. The van der Waals surface area contributed by atoms with Crippen LogP contribution < -0.4 is 0 Å². The number of hydrogen-bond donors (Lipinski definition) is 0. The second-order valence-electron chi connectivity index (χ2n) is 5.53. The van der Waals surface area contributed by atoms with Crippen molar-refractivity contribution in [2.45, 2.75) is 52.5 Å². The lowest BCUT2D eigenvalue weighted by molar-refractivity contribution is -0.140. The van der Waals surface area contributed by atoms with E-state index >= 15 is 0 Å². The molecule has 0 heterocycles. The van der Waals surface area contributed by atoms with Crippen molar-refractivity contribution in [2.75, 3.05) is 7.11 Å². The third kappa shape index (κ3) is 6.16. The predicted octanol–water partition coefficient (Wildman–Crippen LogP) is 3.43. The Morgan fingerprint density at radius 2 is 1.88 bits per heavy atom. The number of hydrogen-bond acceptors (Lipinski definition) is 2. The van der Waals surface area contributed by atoms with Crippen molar-refractivity contribution in [2.24, 2.45) is 0 Å². The standard InChI is InChI=1S/C12H25BO2Si/c1-13(2)11(16(4,5)6)9-7-8-10-12(14)15-3/h9H,7-8,10H2,1-6H3/b11-9-. The van der Waals surface area contributed by atoms with Crippen LogP contribution in [0.5, 0.6) is 0 Å². The molecule has 92 valence electrons. The van der Waals surface area contributed by atoms with Gasteiger partial charge in [0.15, 0.2) is 6.71 Å². The molecule has 0 aliphatic rings. The molecule has 0 radical (unpaired) electrons. The lowest BCUT2D eigenvalue weighted by Gasteiger charge is -2.23. The topological polar surface area (TPSA) is 26.3 Å². The van der Waals surface area contributed by atoms with Gasteiger partial charge in [-0.05, 0) is 12.8 Å². The van der Waals surface area contributed by atoms with Crippen LogP contribution in [0, 0.1) is 0 Å². The largest absolute Gasteiger partial charge is 0.469 e. The minimum absolute atomic E-state index is 0.104. The maximum absolute atomic E-state index is 11.0. The lowest BCUT2D eigenvalue weighted by atomic mass is 9.54. The summed E-state index contributed by atoms with van der Waals surface area (Å²) >= 11 is 0. The van der Waals surface area contributed by atoms with E-state index in [2.05, 4.69) is 44.1 Å². The van der Waals surface area contributed by atoms with Gasteiger partial charge in [-0.3, -0.25) is 4.79 Å². The van der Waals surface area contributed by atoms with E-state index in [4.69, 9.17) is 0 Å².